The summed E-state index contributed by atoms with van der Waals surface area (Å²) in [5, 5.41) is 0.927. The largest absolute Gasteiger partial charge is 0.374 e. The predicted octanol–water partition coefficient (Wildman–Crippen LogP) is 5.20. The monoisotopic (exact) mass is 383 g/mol. The first-order valence-electron chi connectivity index (χ1n) is 8.76. The number of amidine groups is 1. The van der Waals surface area contributed by atoms with E-state index in [-0.39, 0.29) is 0 Å². The van der Waals surface area contributed by atoms with Gasteiger partial charge in [-0.05, 0) is 54.8 Å². The molecule has 3 nitrogen and oxygen atoms in total. The Balaban J connectivity index is 1.68. The molecule has 0 saturated carbocycles. The summed E-state index contributed by atoms with van der Waals surface area (Å²) in [6.07, 6.45) is 5.25. The van der Waals surface area contributed by atoms with Crippen LogP contribution in [0.25, 0.3) is 5.70 Å². The summed E-state index contributed by atoms with van der Waals surface area (Å²) in [5.74, 6) is 0.913. The molecule has 1 heterocycles. The first-order valence-corrected chi connectivity index (χ1v) is 11.0. The fourth-order valence-electron chi connectivity index (χ4n) is 3.00. The second kappa shape index (κ2) is 9.19. The molecule has 2 aromatic rings. The quantitative estimate of drug-likeness (QED) is 0.436. The molecule has 0 saturated heterocycles. The van der Waals surface area contributed by atoms with Gasteiger partial charge in [0.05, 0.1) is 5.70 Å². The highest BCUT2D eigenvalue weighted by atomic mass is 32.2. The molecule has 1 aliphatic rings. The summed E-state index contributed by atoms with van der Waals surface area (Å²) in [7, 11) is 2.15. The van der Waals surface area contributed by atoms with Gasteiger partial charge in [-0.1, -0.05) is 54.2 Å². The van der Waals surface area contributed by atoms with Crippen molar-refractivity contribution in [3.05, 3.63) is 71.3 Å². The Kier molecular flexibility index (Phi) is 6.69. The fraction of sp³-hybridized carbons (Fsp3) is 0.286. The van der Waals surface area contributed by atoms with E-state index in [1.807, 2.05) is 13.0 Å². The van der Waals surface area contributed by atoms with Crippen LogP contribution >= 0.6 is 23.7 Å². The Bertz CT molecular complexity index is 800. The van der Waals surface area contributed by atoms with E-state index in [1.165, 1.54) is 22.4 Å². The number of hydrogen-bond acceptors (Lipinski definition) is 4. The number of fused-ring (bicyclic) bond motifs is 1. The molecule has 0 radical (unpaired) electrons. The second-order valence-corrected chi connectivity index (χ2v) is 7.76. The molecular formula is C21H25N3S2. The number of thioether (sulfide) groups is 1. The SMILES string of the molecule is C/C=C(/N=C(NSCc1ccccc1)SC)c1ccc2c(c1)CCN2C. The minimum absolute atomic E-state index is 0.913. The van der Waals surface area contributed by atoms with Crippen LogP contribution in [0.2, 0.25) is 0 Å². The maximum Gasteiger partial charge on any atom is 0.171 e. The molecule has 1 aliphatic heterocycles. The number of rotatable bonds is 5. The molecule has 0 atom stereocenters. The number of aliphatic imine (C=N–C) groups is 1. The lowest BCUT2D eigenvalue weighted by Crippen LogP contribution is -2.12. The van der Waals surface area contributed by atoms with Crippen LogP contribution in [-0.2, 0) is 12.2 Å². The average Bonchev–Trinajstić information content (AvgIpc) is 3.05. The van der Waals surface area contributed by atoms with E-state index in [2.05, 4.69) is 71.5 Å². The number of nitrogens with one attached hydrogen (secondary N) is 1. The minimum atomic E-state index is 0.913. The van der Waals surface area contributed by atoms with E-state index in [9.17, 15) is 0 Å². The van der Waals surface area contributed by atoms with Gasteiger partial charge in [0.25, 0.3) is 0 Å². The van der Waals surface area contributed by atoms with Gasteiger partial charge in [-0.2, -0.15) is 0 Å². The average molecular weight is 384 g/mol. The van der Waals surface area contributed by atoms with Crippen molar-refractivity contribution >= 4 is 40.3 Å². The van der Waals surface area contributed by atoms with Crippen LogP contribution in [0.1, 0.15) is 23.6 Å². The summed E-state index contributed by atoms with van der Waals surface area (Å²) < 4.78 is 3.39. The van der Waals surface area contributed by atoms with Crippen molar-refractivity contribution < 1.29 is 0 Å². The molecule has 2 aromatic carbocycles. The van der Waals surface area contributed by atoms with Crippen molar-refractivity contribution in [2.75, 3.05) is 24.7 Å². The summed E-state index contributed by atoms with van der Waals surface area (Å²) in [5.41, 5.74) is 6.26. The molecule has 5 heteroatoms. The number of nitrogens with zero attached hydrogens (tertiary/aromatic N) is 2. The zero-order valence-corrected chi connectivity index (χ0v) is 17.2. The Hall–Kier alpha value is -1.85. The Morgan fingerprint density at radius 1 is 1.23 bits per heavy atom. The van der Waals surface area contributed by atoms with Gasteiger partial charge in [0.15, 0.2) is 5.17 Å². The molecule has 0 aromatic heterocycles. The van der Waals surface area contributed by atoms with Crippen molar-refractivity contribution in [3.63, 3.8) is 0 Å². The van der Waals surface area contributed by atoms with Gasteiger partial charge < -0.3 is 9.62 Å². The Morgan fingerprint density at radius 2 is 2.04 bits per heavy atom. The molecular weight excluding hydrogens is 358 g/mol. The second-order valence-electron chi connectivity index (χ2n) is 6.19. The molecule has 0 aliphatic carbocycles. The lowest BCUT2D eigenvalue weighted by atomic mass is 10.1. The lowest BCUT2D eigenvalue weighted by molar-refractivity contribution is 0.956. The standard InChI is InChI=1S/C21H25N3S2/c1-4-19(17-10-11-20-18(14-17)12-13-24(20)2)22-21(25-3)23-26-15-16-8-6-5-7-9-16/h4-11,14H,12-13,15H2,1-3H3,(H,22,23)/b19-4+. The third kappa shape index (κ3) is 4.65. The van der Waals surface area contributed by atoms with Gasteiger partial charge in [-0.25, -0.2) is 4.99 Å². The molecule has 26 heavy (non-hydrogen) atoms. The van der Waals surface area contributed by atoms with Crippen molar-refractivity contribution in [1.82, 2.24) is 4.72 Å². The first-order chi connectivity index (χ1) is 12.7. The maximum atomic E-state index is 4.85. The van der Waals surface area contributed by atoms with Crippen LogP contribution in [0.4, 0.5) is 5.69 Å². The fourth-order valence-corrected chi connectivity index (χ4v) is 4.30. The topological polar surface area (TPSA) is 27.6 Å². The van der Waals surface area contributed by atoms with Crippen molar-refractivity contribution in [2.24, 2.45) is 4.99 Å². The van der Waals surface area contributed by atoms with Gasteiger partial charge >= 0.3 is 0 Å². The van der Waals surface area contributed by atoms with Gasteiger partial charge in [0.1, 0.15) is 0 Å². The Labute approximate surface area is 165 Å². The van der Waals surface area contributed by atoms with Crippen LogP contribution < -0.4 is 9.62 Å². The van der Waals surface area contributed by atoms with Crippen molar-refractivity contribution in [2.45, 2.75) is 19.1 Å². The number of allylic oxidation sites excluding steroid dienone is 1. The predicted molar refractivity (Wildman–Crippen MR) is 119 cm³/mol. The van der Waals surface area contributed by atoms with Crippen molar-refractivity contribution in [3.8, 4) is 0 Å². The molecule has 0 bridgehead atoms. The lowest BCUT2D eigenvalue weighted by Gasteiger charge is -2.13. The first kappa shape index (κ1) is 18.9. The summed E-state index contributed by atoms with van der Waals surface area (Å²) in [6, 6.07) is 17.1. The number of hydrogen-bond donors (Lipinski definition) is 1. The molecule has 0 unspecified atom stereocenters. The Morgan fingerprint density at radius 3 is 2.77 bits per heavy atom. The van der Waals surface area contributed by atoms with Gasteiger partial charge in [-0.15, -0.1) is 0 Å². The normalized spacial score (nSPS) is 14.5. The van der Waals surface area contributed by atoms with E-state index in [4.69, 9.17) is 4.99 Å². The van der Waals surface area contributed by atoms with Crippen LogP contribution in [0.5, 0.6) is 0 Å². The molecule has 0 spiro atoms. The highest BCUT2D eigenvalue weighted by molar-refractivity contribution is 8.14. The summed E-state index contributed by atoms with van der Waals surface area (Å²) in [6.45, 7) is 3.15. The summed E-state index contributed by atoms with van der Waals surface area (Å²) in [4.78, 5) is 7.17. The van der Waals surface area contributed by atoms with E-state index >= 15 is 0 Å². The molecule has 0 amide bonds. The smallest absolute Gasteiger partial charge is 0.171 e. The zero-order valence-electron chi connectivity index (χ0n) is 15.5. The third-order valence-corrected chi connectivity index (χ3v) is 5.96. The van der Waals surface area contributed by atoms with Crippen molar-refractivity contribution in [1.29, 1.82) is 0 Å². The third-order valence-electron chi connectivity index (χ3n) is 4.43. The van der Waals surface area contributed by atoms with Gasteiger partial charge in [0, 0.05) is 30.6 Å². The van der Waals surface area contributed by atoms with Crippen LogP contribution in [0.15, 0.2) is 59.6 Å². The van der Waals surface area contributed by atoms with E-state index in [0.29, 0.717) is 0 Å². The van der Waals surface area contributed by atoms with E-state index in [0.717, 1.165) is 29.6 Å². The van der Waals surface area contributed by atoms with Crippen LogP contribution in [-0.4, -0.2) is 25.0 Å². The highest BCUT2D eigenvalue weighted by Gasteiger charge is 2.16. The summed E-state index contributed by atoms with van der Waals surface area (Å²) >= 11 is 3.31. The van der Waals surface area contributed by atoms with E-state index in [1.54, 1.807) is 23.7 Å². The molecule has 0 fully saturated rings. The van der Waals surface area contributed by atoms with Crippen LogP contribution in [0, 0.1) is 0 Å². The number of likely N-dealkylation sites (N-methyl/N-ethyl adjacent to an activating group) is 1. The number of anilines is 1. The van der Waals surface area contributed by atoms with Gasteiger partial charge in [0.2, 0.25) is 0 Å². The number of benzene rings is 2. The minimum Gasteiger partial charge on any atom is -0.374 e. The molecule has 1 N–H and O–H groups in total. The molecule has 136 valence electrons. The maximum absolute atomic E-state index is 4.85. The highest BCUT2D eigenvalue weighted by Crippen LogP contribution is 2.30. The van der Waals surface area contributed by atoms with Crippen LogP contribution in [0.3, 0.4) is 0 Å². The van der Waals surface area contributed by atoms with Gasteiger partial charge in [-0.3, -0.25) is 0 Å². The zero-order chi connectivity index (χ0) is 18.4. The molecule has 3 rings (SSSR count). The van der Waals surface area contributed by atoms with E-state index < -0.39 is 0 Å².